The van der Waals surface area contributed by atoms with Crippen LogP contribution in [0.25, 0.3) is 11.1 Å². The van der Waals surface area contributed by atoms with Gasteiger partial charge in [0, 0.05) is 51.2 Å². The summed E-state index contributed by atoms with van der Waals surface area (Å²) in [7, 11) is 0. The van der Waals surface area contributed by atoms with E-state index in [9.17, 15) is 52.7 Å². The van der Waals surface area contributed by atoms with Crippen molar-refractivity contribution in [2.45, 2.75) is 206 Å². The Morgan fingerprint density at radius 1 is 0.418 bits per heavy atom. The van der Waals surface area contributed by atoms with Gasteiger partial charge in [0.15, 0.2) is 0 Å². The Morgan fingerprint density at radius 2 is 0.929 bits per heavy atom. The number of nitrogens with one attached hydrogen (secondary N) is 7. The molecule has 4 unspecified atom stereocenters. The van der Waals surface area contributed by atoms with Crippen LogP contribution in [0.3, 0.4) is 0 Å². The molecule has 0 spiro atoms. The van der Waals surface area contributed by atoms with E-state index in [4.69, 9.17) is 37.9 Å². The fourth-order valence-electron chi connectivity index (χ4n) is 10.1. The first-order chi connectivity index (χ1) is 47.2. The van der Waals surface area contributed by atoms with Crippen LogP contribution in [0.4, 0.5) is 9.59 Å². The maximum absolute atomic E-state index is 14.2. The molecule has 0 aliphatic heterocycles. The summed E-state index contributed by atoms with van der Waals surface area (Å²) in [6.45, 7) is 11.5. The van der Waals surface area contributed by atoms with Crippen molar-refractivity contribution < 1.29 is 90.6 Å². The van der Waals surface area contributed by atoms with Crippen molar-refractivity contribution in [1.82, 2.24) is 37.2 Å². The summed E-state index contributed by atoms with van der Waals surface area (Å²) >= 11 is 0. The maximum Gasteiger partial charge on any atom is 0.407 e. The molecule has 4 rings (SSSR count). The van der Waals surface area contributed by atoms with Crippen LogP contribution in [0.5, 0.6) is 0 Å². The summed E-state index contributed by atoms with van der Waals surface area (Å²) in [6.07, 6.45) is 4.47. The molecule has 26 heteroatoms. The third-order valence-electron chi connectivity index (χ3n) is 15.4. The predicted octanol–water partition coefficient (Wildman–Crippen LogP) is 7.98. The highest BCUT2D eigenvalue weighted by Gasteiger charge is 2.32. The molecule has 3 aromatic carbocycles. The fourth-order valence-corrected chi connectivity index (χ4v) is 10.1. The highest BCUT2D eigenvalue weighted by atomic mass is 16.6. The maximum atomic E-state index is 14.2. The number of esters is 4. The van der Waals surface area contributed by atoms with Gasteiger partial charge < -0.3 is 75.1 Å². The van der Waals surface area contributed by atoms with Crippen LogP contribution in [0.15, 0.2) is 78.9 Å². The third-order valence-corrected chi connectivity index (χ3v) is 15.4. The molecule has 26 nitrogen and oxygen atoms in total. The van der Waals surface area contributed by atoms with Crippen LogP contribution >= 0.6 is 0 Å². The number of hydrogen-bond donors (Lipinski definition) is 7. The molecule has 542 valence electrons. The van der Waals surface area contributed by atoms with Crippen molar-refractivity contribution in [2.75, 3.05) is 72.5 Å². The number of hydrogen-bond acceptors (Lipinski definition) is 19. The minimum absolute atomic E-state index is 0.0133. The molecule has 0 aromatic heterocycles. The van der Waals surface area contributed by atoms with Gasteiger partial charge in [0.2, 0.25) is 29.5 Å². The topological polar surface area (TPSA) is 346 Å². The molecule has 0 fully saturated rings. The molecule has 0 radical (unpaired) electrons. The zero-order valence-corrected chi connectivity index (χ0v) is 58.1. The van der Waals surface area contributed by atoms with Crippen molar-refractivity contribution in [3.05, 3.63) is 95.6 Å². The lowest BCUT2D eigenvalue weighted by Gasteiger charge is -2.23. The molecule has 7 amide bonds. The van der Waals surface area contributed by atoms with Crippen molar-refractivity contribution >= 4 is 65.6 Å². The number of carbonyl (C=O) groups excluding carboxylic acids is 11. The Morgan fingerprint density at radius 3 is 1.55 bits per heavy atom. The van der Waals surface area contributed by atoms with Gasteiger partial charge >= 0.3 is 36.1 Å². The summed E-state index contributed by atoms with van der Waals surface area (Å²) in [6, 6.07) is 19.8. The SMILES string of the molecule is CCCCOC(=O)CCC(NC(=O)CCC(NC(=O)COCCOCCNC(=O)C(CCCCNC(=O)OCC1c2ccccc2-c2ccccc21)NC(=O)CCCCCNC(=O)OC(C)(C)C)C(=O)NC(CCC(=O)OCCCC)C(=O)OCc1ccccc1)C(=O)OCCCC. The number of ether oxygens (including phenoxy) is 8. The number of unbranched alkanes of at least 4 members (excludes halogenated alkanes) is 6. The van der Waals surface area contributed by atoms with Gasteiger partial charge in [0.1, 0.15) is 49.6 Å². The quantitative estimate of drug-likeness (QED) is 0.0160. The summed E-state index contributed by atoms with van der Waals surface area (Å²) in [5, 5.41) is 18.9. The van der Waals surface area contributed by atoms with E-state index < -0.39 is 102 Å². The minimum atomic E-state index is -1.49. The molecule has 0 heterocycles. The Kier molecular flexibility index (Phi) is 39.5. The minimum Gasteiger partial charge on any atom is -0.466 e. The number of benzene rings is 3. The van der Waals surface area contributed by atoms with Crippen LogP contribution in [0.1, 0.15) is 186 Å². The Bertz CT molecular complexity index is 2920. The molecule has 7 N–H and O–H groups in total. The second kappa shape index (κ2) is 47.3. The normalized spacial score (nSPS) is 12.8. The van der Waals surface area contributed by atoms with Gasteiger partial charge in [0.05, 0.1) is 39.6 Å². The fraction of sp³-hybridized carbons (Fsp3) is 0.597. The second-order valence-corrected chi connectivity index (χ2v) is 24.7. The molecule has 4 atom stereocenters. The van der Waals surface area contributed by atoms with E-state index in [1.807, 2.05) is 57.2 Å². The summed E-state index contributed by atoms with van der Waals surface area (Å²) in [5.41, 5.74) is 4.44. The van der Waals surface area contributed by atoms with Crippen molar-refractivity contribution in [3.63, 3.8) is 0 Å². The first kappa shape index (κ1) is 81.8. The van der Waals surface area contributed by atoms with Gasteiger partial charge in [-0.2, -0.15) is 0 Å². The molecule has 1 aliphatic carbocycles. The smallest absolute Gasteiger partial charge is 0.407 e. The van der Waals surface area contributed by atoms with Crippen LogP contribution in [-0.2, 0) is 87.7 Å². The van der Waals surface area contributed by atoms with Crippen LogP contribution in [0.2, 0.25) is 0 Å². The van der Waals surface area contributed by atoms with E-state index in [1.165, 1.54) is 0 Å². The average Bonchev–Trinajstić information content (AvgIpc) is 1.62. The Hall–Kier alpha value is -8.65. The number of carbonyl (C=O) groups is 11. The lowest BCUT2D eigenvalue weighted by Crippen LogP contribution is -2.53. The van der Waals surface area contributed by atoms with E-state index in [-0.39, 0.29) is 123 Å². The number of fused-ring (bicyclic) bond motifs is 3. The average molecular weight is 1370 g/mol. The van der Waals surface area contributed by atoms with Gasteiger partial charge in [0.25, 0.3) is 0 Å². The van der Waals surface area contributed by atoms with E-state index in [2.05, 4.69) is 49.4 Å². The number of alkyl carbamates (subject to hydrolysis) is 2. The van der Waals surface area contributed by atoms with E-state index in [1.54, 1.807) is 51.1 Å². The van der Waals surface area contributed by atoms with Gasteiger partial charge in [-0.05, 0) is 119 Å². The van der Waals surface area contributed by atoms with E-state index >= 15 is 0 Å². The first-order valence-corrected chi connectivity index (χ1v) is 34.6. The standard InChI is InChI=1S/C72H105N7O19/c1-7-10-42-93-64(83)37-34-59(68(87)95-44-12-9-3)78-62(81)36-33-58(67(86)79-60(35-38-65(84)94-43-11-8-2)69(88)96-48-51-25-15-13-16-26-51)77-63(82)50-92-47-46-91-45-41-73-66(85)57(76-61(80)32-17-14-23-39-75-71(90)98-72(4,5)6)31-22-24-40-74-70(89)97-49-56-54-29-20-18-27-52(54)53-28-19-21-30-55(53)56/h13,15-16,18-21,25-30,56-60H,7-12,14,17,22-24,31-50H2,1-6H3,(H,73,85)(H,74,89)(H,75,90)(H,76,80)(H,77,82)(H,78,81)(H,79,86). The van der Waals surface area contributed by atoms with Crippen LogP contribution in [-0.4, -0.2) is 168 Å². The van der Waals surface area contributed by atoms with Gasteiger partial charge in [-0.3, -0.25) is 33.6 Å². The van der Waals surface area contributed by atoms with Crippen molar-refractivity contribution in [2.24, 2.45) is 0 Å². The highest BCUT2D eigenvalue weighted by Crippen LogP contribution is 2.44. The molecule has 1 aliphatic rings. The summed E-state index contributed by atoms with van der Waals surface area (Å²) < 4.78 is 43.6. The van der Waals surface area contributed by atoms with Gasteiger partial charge in [-0.25, -0.2) is 19.2 Å². The van der Waals surface area contributed by atoms with Gasteiger partial charge in [-0.1, -0.05) is 125 Å². The Labute approximate surface area is 576 Å². The largest absolute Gasteiger partial charge is 0.466 e. The molecule has 3 aromatic rings. The van der Waals surface area contributed by atoms with Gasteiger partial charge in [-0.15, -0.1) is 0 Å². The van der Waals surface area contributed by atoms with Crippen molar-refractivity contribution in [3.8, 4) is 11.1 Å². The lowest BCUT2D eigenvalue weighted by molar-refractivity contribution is -0.151. The molecule has 0 saturated carbocycles. The zero-order valence-electron chi connectivity index (χ0n) is 58.1. The molecular weight excluding hydrogens is 1270 g/mol. The summed E-state index contributed by atoms with van der Waals surface area (Å²) in [4.78, 5) is 145. The third kappa shape index (κ3) is 34.0. The van der Waals surface area contributed by atoms with Crippen LogP contribution in [0, 0.1) is 0 Å². The zero-order chi connectivity index (χ0) is 71.3. The first-order valence-electron chi connectivity index (χ1n) is 34.6. The monoisotopic (exact) mass is 1370 g/mol. The molecule has 0 saturated heterocycles. The highest BCUT2D eigenvalue weighted by molar-refractivity contribution is 5.92. The molecule has 0 bridgehead atoms. The predicted molar refractivity (Wildman–Crippen MR) is 364 cm³/mol. The molecular formula is C72H105N7O19. The number of rotatable bonds is 49. The van der Waals surface area contributed by atoms with Crippen molar-refractivity contribution in [1.29, 1.82) is 0 Å². The lowest BCUT2D eigenvalue weighted by atomic mass is 9.98. The van der Waals surface area contributed by atoms with Crippen LogP contribution < -0.4 is 37.2 Å². The molecule has 98 heavy (non-hydrogen) atoms. The number of amides is 7. The Balaban J connectivity index is 1.33. The van der Waals surface area contributed by atoms with E-state index in [0.717, 1.165) is 41.5 Å². The second-order valence-electron chi connectivity index (χ2n) is 24.7. The van der Waals surface area contributed by atoms with E-state index in [0.29, 0.717) is 63.5 Å². The summed E-state index contributed by atoms with van der Waals surface area (Å²) in [5.74, 6) is -6.13.